The summed E-state index contributed by atoms with van der Waals surface area (Å²) in [6.07, 6.45) is 4.41. The molecule has 1 saturated carbocycles. The van der Waals surface area contributed by atoms with Gasteiger partial charge in [-0.15, -0.1) is 0 Å². The van der Waals surface area contributed by atoms with Crippen LogP contribution in [0.15, 0.2) is 0 Å². The van der Waals surface area contributed by atoms with E-state index in [1.807, 2.05) is 0 Å². The molecule has 1 rings (SSSR count). The maximum atomic E-state index is 12.4. The van der Waals surface area contributed by atoms with E-state index in [4.69, 9.17) is 17.2 Å². The molecule has 1 aliphatic carbocycles. The Morgan fingerprint density at radius 2 is 1.47 bits per heavy atom. The molecule has 0 aromatic carbocycles. The first-order chi connectivity index (χ1) is 8.91. The number of carbonyl (C=O) groups excluding carboxylic acids is 3. The zero-order valence-corrected chi connectivity index (χ0v) is 11.0. The van der Waals surface area contributed by atoms with Gasteiger partial charge in [0, 0.05) is 6.04 Å². The van der Waals surface area contributed by atoms with Crippen molar-refractivity contribution >= 4 is 17.7 Å². The number of rotatable bonds is 5. The van der Waals surface area contributed by atoms with Crippen molar-refractivity contribution in [1.82, 2.24) is 4.90 Å². The predicted octanol–water partition coefficient (Wildman–Crippen LogP) is -1.31. The lowest BCUT2D eigenvalue weighted by Gasteiger charge is -2.27. The second-order valence-corrected chi connectivity index (χ2v) is 5.04. The van der Waals surface area contributed by atoms with Gasteiger partial charge in [0.05, 0.1) is 19.0 Å². The summed E-state index contributed by atoms with van der Waals surface area (Å²) >= 11 is 0. The van der Waals surface area contributed by atoms with Crippen molar-refractivity contribution in [3.63, 3.8) is 0 Å². The van der Waals surface area contributed by atoms with Crippen LogP contribution in [0.4, 0.5) is 0 Å². The predicted molar refractivity (Wildman–Crippen MR) is 69.5 cm³/mol. The first-order valence-electron chi connectivity index (χ1n) is 6.52. The van der Waals surface area contributed by atoms with Gasteiger partial charge in [0.2, 0.25) is 17.7 Å². The van der Waals surface area contributed by atoms with Crippen LogP contribution in [0.1, 0.15) is 32.1 Å². The molecule has 7 nitrogen and oxygen atoms in total. The Hall–Kier alpha value is -1.63. The van der Waals surface area contributed by atoms with Gasteiger partial charge in [0.1, 0.15) is 0 Å². The van der Waals surface area contributed by atoms with Crippen LogP contribution < -0.4 is 17.2 Å². The van der Waals surface area contributed by atoms with Crippen LogP contribution in [0, 0.1) is 5.92 Å². The molecule has 108 valence electrons. The van der Waals surface area contributed by atoms with Crippen LogP contribution in [0.3, 0.4) is 0 Å². The van der Waals surface area contributed by atoms with Gasteiger partial charge in [-0.2, -0.15) is 0 Å². The molecule has 2 unspecified atom stereocenters. The third-order valence-corrected chi connectivity index (χ3v) is 3.39. The van der Waals surface area contributed by atoms with Crippen molar-refractivity contribution in [2.75, 3.05) is 13.1 Å². The highest BCUT2D eigenvalue weighted by Crippen LogP contribution is 2.23. The van der Waals surface area contributed by atoms with Crippen molar-refractivity contribution in [3.8, 4) is 0 Å². The molecular formula is C12H22N4O3. The molecule has 2 atom stereocenters. The van der Waals surface area contributed by atoms with E-state index in [-0.39, 0.29) is 31.0 Å². The molecule has 0 spiro atoms. The van der Waals surface area contributed by atoms with Gasteiger partial charge >= 0.3 is 0 Å². The Labute approximate surface area is 112 Å². The monoisotopic (exact) mass is 270 g/mol. The topological polar surface area (TPSA) is 133 Å². The van der Waals surface area contributed by atoms with Gasteiger partial charge in [-0.3, -0.25) is 14.4 Å². The molecule has 7 heteroatoms. The van der Waals surface area contributed by atoms with Crippen LogP contribution in [0.5, 0.6) is 0 Å². The maximum Gasteiger partial charge on any atom is 0.237 e. The van der Waals surface area contributed by atoms with Crippen molar-refractivity contribution in [1.29, 1.82) is 0 Å². The van der Waals surface area contributed by atoms with E-state index in [1.165, 1.54) is 0 Å². The van der Waals surface area contributed by atoms with Gasteiger partial charge < -0.3 is 22.1 Å². The number of hydrogen-bond donors (Lipinski definition) is 3. The van der Waals surface area contributed by atoms with Crippen LogP contribution in [-0.4, -0.2) is 41.8 Å². The van der Waals surface area contributed by atoms with Crippen molar-refractivity contribution in [3.05, 3.63) is 0 Å². The number of primary amides is 2. The quantitative estimate of drug-likeness (QED) is 0.535. The van der Waals surface area contributed by atoms with Gasteiger partial charge in [0.25, 0.3) is 0 Å². The third-order valence-electron chi connectivity index (χ3n) is 3.39. The number of nitrogens with zero attached hydrogens (tertiary/aromatic N) is 1. The summed E-state index contributed by atoms with van der Waals surface area (Å²) in [5, 5.41) is 0. The average molecular weight is 270 g/mol. The van der Waals surface area contributed by atoms with Crippen molar-refractivity contribution in [2.24, 2.45) is 23.1 Å². The van der Waals surface area contributed by atoms with E-state index < -0.39 is 11.8 Å². The average Bonchev–Trinajstić information content (AvgIpc) is 2.51. The summed E-state index contributed by atoms with van der Waals surface area (Å²) in [5.41, 5.74) is 16.2. The van der Waals surface area contributed by atoms with Gasteiger partial charge in [0.15, 0.2) is 0 Å². The highest BCUT2D eigenvalue weighted by atomic mass is 16.2. The Morgan fingerprint density at radius 3 is 2.00 bits per heavy atom. The van der Waals surface area contributed by atoms with Gasteiger partial charge in [-0.25, -0.2) is 0 Å². The molecule has 1 fully saturated rings. The molecule has 3 amide bonds. The lowest BCUT2D eigenvalue weighted by molar-refractivity contribution is -0.142. The van der Waals surface area contributed by atoms with E-state index in [2.05, 4.69) is 0 Å². The molecule has 6 N–H and O–H groups in total. The van der Waals surface area contributed by atoms with Gasteiger partial charge in [-0.05, 0) is 12.8 Å². The minimum Gasteiger partial charge on any atom is -0.368 e. The number of carbonyl (C=O) groups is 3. The van der Waals surface area contributed by atoms with Crippen LogP contribution in [-0.2, 0) is 14.4 Å². The fourth-order valence-corrected chi connectivity index (χ4v) is 2.47. The molecule has 0 aromatic rings. The summed E-state index contributed by atoms with van der Waals surface area (Å²) < 4.78 is 0. The highest BCUT2D eigenvalue weighted by molar-refractivity contribution is 5.89. The number of hydrogen-bond acceptors (Lipinski definition) is 4. The molecule has 0 aromatic heterocycles. The Morgan fingerprint density at radius 1 is 0.947 bits per heavy atom. The molecular weight excluding hydrogens is 248 g/mol. The Bertz CT molecular complexity index is 343. The summed E-state index contributed by atoms with van der Waals surface area (Å²) in [4.78, 5) is 35.4. The normalized spacial score (nSPS) is 23.4. The molecule has 0 aliphatic heterocycles. The standard InChI is InChI=1S/C12H22N4O3/c13-9-5-3-1-2-4-8(9)12(19)16(6-10(14)17)7-11(15)18/h8-9H,1-7,13H2,(H2,14,17)(H2,15,18). The number of amides is 3. The van der Waals surface area contributed by atoms with Crippen molar-refractivity contribution < 1.29 is 14.4 Å². The van der Waals surface area contributed by atoms with Crippen LogP contribution >= 0.6 is 0 Å². The molecule has 0 saturated heterocycles. The van der Waals surface area contributed by atoms with Crippen LogP contribution in [0.2, 0.25) is 0 Å². The van der Waals surface area contributed by atoms with E-state index in [0.29, 0.717) is 6.42 Å². The number of nitrogens with two attached hydrogens (primary N) is 3. The maximum absolute atomic E-state index is 12.4. The molecule has 0 heterocycles. The Balaban J connectivity index is 2.77. The summed E-state index contributed by atoms with van der Waals surface area (Å²) in [6, 6.07) is -0.238. The van der Waals surface area contributed by atoms with E-state index in [1.54, 1.807) is 0 Å². The van der Waals surface area contributed by atoms with E-state index >= 15 is 0 Å². The SMILES string of the molecule is NC(=O)CN(CC(N)=O)C(=O)C1CCCCCC1N. The Kier molecular flexibility index (Phi) is 5.75. The van der Waals surface area contributed by atoms with E-state index in [9.17, 15) is 14.4 Å². The van der Waals surface area contributed by atoms with Crippen molar-refractivity contribution in [2.45, 2.75) is 38.1 Å². The van der Waals surface area contributed by atoms with E-state index in [0.717, 1.165) is 30.6 Å². The largest absolute Gasteiger partial charge is 0.368 e. The summed E-state index contributed by atoms with van der Waals surface area (Å²) in [7, 11) is 0. The van der Waals surface area contributed by atoms with Gasteiger partial charge in [-0.1, -0.05) is 19.3 Å². The first kappa shape index (κ1) is 15.4. The molecule has 1 aliphatic rings. The fraction of sp³-hybridized carbons (Fsp3) is 0.750. The second kappa shape index (κ2) is 7.08. The summed E-state index contributed by atoms with van der Waals surface area (Å²) in [6.45, 7) is -0.601. The fourth-order valence-electron chi connectivity index (χ4n) is 2.47. The smallest absolute Gasteiger partial charge is 0.237 e. The summed E-state index contributed by atoms with van der Waals surface area (Å²) in [5.74, 6) is -2.00. The lowest BCUT2D eigenvalue weighted by atomic mass is 9.94. The highest BCUT2D eigenvalue weighted by Gasteiger charge is 2.31. The zero-order chi connectivity index (χ0) is 14.4. The minimum absolute atomic E-state index is 0.238. The lowest BCUT2D eigenvalue weighted by Crippen LogP contribution is -2.49. The molecule has 0 radical (unpaired) electrons. The second-order valence-electron chi connectivity index (χ2n) is 5.04. The molecule has 19 heavy (non-hydrogen) atoms. The first-order valence-corrected chi connectivity index (χ1v) is 6.52. The molecule has 0 bridgehead atoms. The third kappa shape index (κ3) is 4.86. The van der Waals surface area contributed by atoms with Crippen LogP contribution in [0.25, 0.3) is 0 Å². The zero-order valence-electron chi connectivity index (χ0n) is 11.0. The minimum atomic E-state index is -0.670.